The van der Waals surface area contributed by atoms with E-state index in [-0.39, 0.29) is 23.7 Å². The van der Waals surface area contributed by atoms with Crippen LogP contribution < -0.4 is 4.74 Å². The molecule has 3 aliphatic rings. The SMILES string of the molecule is O=C(Oc1cccc(-c2ccc(C(=O)N3CCN(C(=O)C4(O)CC4)CC3)cc2)c1)C1CC1. The lowest BCUT2D eigenvalue weighted by atomic mass is 10.0. The van der Waals surface area contributed by atoms with Crippen LogP contribution in [-0.4, -0.2) is 64.5 Å². The molecule has 3 fully saturated rings. The molecule has 0 unspecified atom stereocenters. The molecule has 7 heteroatoms. The van der Waals surface area contributed by atoms with Crippen LogP contribution in [0.5, 0.6) is 5.75 Å². The number of benzene rings is 2. The fourth-order valence-electron chi connectivity index (χ4n) is 3.98. The molecule has 2 aromatic carbocycles. The summed E-state index contributed by atoms with van der Waals surface area (Å²) in [7, 11) is 0. The molecule has 1 aliphatic heterocycles. The molecule has 7 nitrogen and oxygen atoms in total. The molecule has 5 rings (SSSR count). The first-order valence-corrected chi connectivity index (χ1v) is 11.2. The van der Waals surface area contributed by atoms with E-state index in [1.165, 1.54) is 0 Å². The first kappa shape index (κ1) is 20.7. The Balaban J connectivity index is 1.21. The van der Waals surface area contributed by atoms with Gasteiger partial charge in [0.05, 0.1) is 5.92 Å². The number of amides is 2. The molecular weight excluding hydrogens is 408 g/mol. The maximum absolute atomic E-state index is 12.9. The van der Waals surface area contributed by atoms with Crippen molar-refractivity contribution in [3.05, 3.63) is 54.1 Å². The van der Waals surface area contributed by atoms with Crippen LogP contribution >= 0.6 is 0 Å². The summed E-state index contributed by atoms with van der Waals surface area (Å²) in [5.41, 5.74) is 1.27. The van der Waals surface area contributed by atoms with Crippen LogP contribution in [0, 0.1) is 5.92 Å². The molecule has 166 valence electrons. The van der Waals surface area contributed by atoms with Crippen LogP contribution in [0.3, 0.4) is 0 Å². The summed E-state index contributed by atoms with van der Waals surface area (Å²) in [6.07, 6.45) is 2.87. The summed E-state index contributed by atoms with van der Waals surface area (Å²) in [5.74, 6) is 0.126. The van der Waals surface area contributed by atoms with Gasteiger partial charge in [-0.3, -0.25) is 14.4 Å². The van der Waals surface area contributed by atoms with E-state index in [1.54, 1.807) is 28.0 Å². The molecule has 0 bridgehead atoms. The quantitative estimate of drug-likeness (QED) is 0.577. The number of hydrogen-bond acceptors (Lipinski definition) is 5. The van der Waals surface area contributed by atoms with Crippen molar-refractivity contribution >= 4 is 17.8 Å². The fraction of sp³-hybridized carbons (Fsp3) is 0.400. The maximum Gasteiger partial charge on any atom is 0.314 e. The van der Waals surface area contributed by atoms with Gasteiger partial charge in [0.15, 0.2) is 0 Å². The van der Waals surface area contributed by atoms with E-state index >= 15 is 0 Å². The highest BCUT2D eigenvalue weighted by Gasteiger charge is 2.50. The van der Waals surface area contributed by atoms with Crippen LogP contribution in [0.25, 0.3) is 11.1 Å². The van der Waals surface area contributed by atoms with Crippen molar-refractivity contribution in [2.45, 2.75) is 31.3 Å². The minimum atomic E-state index is -1.16. The van der Waals surface area contributed by atoms with E-state index in [0.717, 1.165) is 24.0 Å². The van der Waals surface area contributed by atoms with Crippen molar-refractivity contribution in [1.82, 2.24) is 9.80 Å². The van der Waals surface area contributed by atoms with Crippen molar-refractivity contribution in [3.63, 3.8) is 0 Å². The molecule has 1 N–H and O–H groups in total. The average Bonchev–Trinajstić information content (AvgIpc) is 3.75. The minimum absolute atomic E-state index is 0.0439. The van der Waals surface area contributed by atoms with E-state index in [4.69, 9.17) is 4.74 Å². The Morgan fingerprint density at radius 1 is 0.875 bits per heavy atom. The third-order valence-corrected chi connectivity index (χ3v) is 6.40. The molecule has 0 atom stereocenters. The number of piperazine rings is 1. The van der Waals surface area contributed by atoms with Gasteiger partial charge in [-0.05, 0) is 61.1 Å². The van der Waals surface area contributed by atoms with Crippen LogP contribution in [0.1, 0.15) is 36.0 Å². The van der Waals surface area contributed by atoms with Gasteiger partial charge in [0.2, 0.25) is 0 Å². The number of esters is 1. The predicted molar refractivity (Wildman–Crippen MR) is 117 cm³/mol. The summed E-state index contributed by atoms with van der Waals surface area (Å²) in [6, 6.07) is 14.8. The molecule has 0 spiro atoms. The van der Waals surface area contributed by atoms with Gasteiger partial charge in [0, 0.05) is 31.7 Å². The zero-order chi connectivity index (χ0) is 22.3. The molecule has 32 heavy (non-hydrogen) atoms. The van der Waals surface area contributed by atoms with E-state index < -0.39 is 5.60 Å². The number of ether oxygens (including phenoxy) is 1. The maximum atomic E-state index is 12.9. The van der Waals surface area contributed by atoms with Crippen LogP contribution in [-0.2, 0) is 9.59 Å². The highest BCUT2D eigenvalue weighted by molar-refractivity contribution is 5.95. The highest BCUT2D eigenvalue weighted by atomic mass is 16.5. The number of aliphatic hydroxyl groups is 1. The molecular formula is C25H26N2O5. The summed E-state index contributed by atoms with van der Waals surface area (Å²) >= 11 is 0. The molecule has 2 saturated carbocycles. The van der Waals surface area contributed by atoms with Crippen LogP contribution in [0.2, 0.25) is 0 Å². The zero-order valence-corrected chi connectivity index (χ0v) is 17.8. The minimum Gasteiger partial charge on any atom is -0.426 e. The average molecular weight is 434 g/mol. The Hall–Kier alpha value is -3.19. The monoisotopic (exact) mass is 434 g/mol. The van der Waals surface area contributed by atoms with Crippen LogP contribution in [0.15, 0.2) is 48.5 Å². The van der Waals surface area contributed by atoms with Gasteiger partial charge >= 0.3 is 5.97 Å². The lowest BCUT2D eigenvalue weighted by Crippen LogP contribution is -2.53. The molecule has 1 heterocycles. The number of carbonyl (C=O) groups is 3. The highest BCUT2D eigenvalue weighted by Crippen LogP contribution is 2.37. The Bertz CT molecular complexity index is 1050. The smallest absolute Gasteiger partial charge is 0.314 e. The fourth-order valence-corrected chi connectivity index (χ4v) is 3.98. The van der Waals surface area contributed by atoms with Gasteiger partial charge in [-0.15, -0.1) is 0 Å². The summed E-state index contributed by atoms with van der Waals surface area (Å²) < 4.78 is 5.45. The van der Waals surface area contributed by atoms with Crippen molar-refractivity contribution in [2.24, 2.45) is 5.92 Å². The number of carbonyl (C=O) groups excluding carboxylic acids is 3. The van der Waals surface area contributed by atoms with E-state index in [0.29, 0.717) is 50.3 Å². The summed E-state index contributed by atoms with van der Waals surface area (Å²) in [6.45, 7) is 1.79. The summed E-state index contributed by atoms with van der Waals surface area (Å²) in [4.78, 5) is 40.5. The lowest BCUT2D eigenvalue weighted by molar-refractivity contribution is -0.144. The molecule has 2 aliphatic carbocycles. The standard InChI is InChI=1S/C25H26N2O5/c28-22(26-12-14-27(15-13-26)24(30)25(31)10-11-25)18-6-4-17(5-7-18)20-2-1-3-21(16-20)32-23(29)19-8-9-19/h1-7,16,19,31H,8-15H2. The van der Waals surface area contributed by atoms with Crippen molar-refractivity contribution in [1.29, 1.82) is 0 Å². The van der Waals surface area contributed by atoms with Gasteiger partial charge in [-0.25, -0.2) is 0 Å². The molecule has 2 amide bonds. The second-order valence-electron chi connectivity index (χ2n) is 8.92. The van der Waals surface area contributed by atoms with Crippen molar-refractivity contribution in [3.8, 4) is 16.9 Å². The number of nitrogens with zero attached hydrogens (tertiary/aromatic N) is 2. The Morgan fingerprint density at radius 2 is 1.53 bits per heavy atom. The molecule has 0 aromatic heterocycles. The van der Waals surface area contributed by atoms with Gasteiger partial charge < -0.3 is 19.6 Å². The Kier molecular flexibility index (Phi) is 5.21. The van der Waals surface area contributed by atoms with Crippen molar-refractivity contribution in [2.75, 3.05) is 26.2 Å². The molecule has 1 saturated heterocycles. The normalized spacial score (nSPS) is 19.4. The zero-order valence-electron chi connectivity index (χ0n) is 17.8. The van der Waals surface area contributed by atoms with Gasteiger partial charge in [-0.1, -0.05) is 24.3 Å². The van der Waals surface area contributed by atoms with Gasteiger partial charge in [0.1, 0.15) is 11.4 Å². The predicted octanol–water partition coefficient (Wildman–Crippen LogP) is 2.48. The third-order valence-electron chi connectivity index (χ3n) is 6.40. The first-order chi connectivity index (χ1) is 15.4. The van der Waals surface area contributed by atoms with Gasteiger partial charge in [0.25, 0.3) is 11.8 Å². The Labute approximate surface area is 186 Å². The number of rotatable bonds is 5. The van der Waals surface area contributed by atoms with E-state index in [9.17, 15) is 19.5 Å². The molecule has 2 aromatic rings. The molecule has 0 radical (unpaired) electrons. The third kappa shape index (κ3) is 4.25. The van der Waals surface area contributed by atoms with Gasteiger partial charge in [-0.2, -0.15) is 0 Å². The second kappa shape index (κ2) is 8.06. The summed E-state index contributed by atoms with van der Waals surface area (Å²) in [5, 5.41) is 10.0. The Morgan fingerprint density at radius 3 is 2.16 bits per heavy atom. The topological polar surface area (TPSA) is 87.2 Å². The van der Waals surface area contributed by atoms with E-state index in [2.05, 4.69) is 0 Å². The van der Waals surface area contributed by atoms with Crippen LogP contribution in [0.4, 0.5) is 0 Å². The van der Waals surface area contributed by atoms with E-state index in [1.807, 2.05) is 30.3 Å². The largest absolute Gasteiger partial charge is 0.426 e. The first-order valence-electron chi connectivity index (χ1n) is 11.2. The second-order valence-corrected chi connectivity index (χ2v) is 8.92. The lowest BCUT2D eigenvalue weighted by Gasteiger charge is -2.35. The number of hydrogen-bond donors (Lipinski definition) is 1. The van der Waals surface area contributed by atoms with Crippen molar-refractivity contribution < 1.29 is 24.2 Å².